The highest BCUT2D eigenvalue weighted by atomic mass is 79.9. The smallest absolute Gasteiger partial charge is 0.0764 e. The Balaban J connectivity index is 1.54. The summed E-state index contributed by atoms with van der Waals surface area (Å²) in [5.74, 6) is 7.97. The largest absolute Gasteiger partial charge is 0.108 e. The second-order valence-electron chi connectivity index (χ2n) is 10.0. The van der Waals surface area contributed by atoms with Crippen LogP contribution in [0.4, 0.5) is 0 Å². The highest BCUT2D eigenvalue weighted by molar-refractivity contribution is 9.10. The van der Waals surface area contributed by atoms with Crippen molar-refractivity contribution in [1.82, 2.24) is 0 Å². The Hall–Kier alpha value is -4.12. The molecular weight excluding hydrogens is 512 g/mol. The fraction of sp³-hybridized carbons (Fsp3) is 0.0556. The van der Waals surface area contributed by atoms with Crippen molar-refractivity contribution >= 4 is 37.5 Å². The van der Waals surface area contributed by atoms with E-state index in [4.69, 9.17) is 0 Å². The zero-order valence-corrected chi connectivity index (χ0v) is 21.6. The Morgan fingerprint density at radius 1 is 0.568 bits per heavy atom. The summed E-state index contributed by atoms with van der Waals surface area (Å²) in [6.07, 6.45) is 0. The number of hydrogen-bond donors (Lipinski definition) is 0. The second kappa shape index (κ2) is 7.69. The normalized spacial score (nSPS) is 18.6. The van der Waals surface area contributed by atoms with Crippen molar-refractivity contribution < 1.29 is 0 Å². The summed E-state index contributed by atoms with van der Waals surface area (Å²) < 4.78 is 1.12. The van der Waals surface area contributed by atoms with Gasteiger partial charge in [-0.3, -0.25) is 0 Å². The van der Waals surface area contributed by atoms with Crippen molar-refractivity contribution in [2.45, 2.75) is 11.3 Å². The zero-order chi connectivity index (χ0) is 24.6. The summed E-state index contributed by atoms with van der Waals surface area (Å²) in [5.41, 5.74) is 8.51. The van der Waals surface area contributed by atoms with Gasteiger partial charge in [0.1, 0.15) is 5.41 Å². The molecule has 0 fully saturated rings. The molecule has 6 aromatic carbocycles. The molecule has 0 spiro atoms. The van der Waals surface area contributed by atoms with Gasteiger partial charge in [-0.1, -0.05) is 137 Å². The minimum absolute atomic E-state index is 0.224. The van der Waals surface area contributed by atoms with Gasteiger partial charge in [-0.25, -0.2) is 0 Å². The predicted molar refractivity (Wildman–Crippen MR) is 156 cm³/mol. The lowest BCUT2D eigenvalue weighted by Crippen LogP contribution is -2.41. The monoisotopic (exact) mass is 532 g/mol. The van der Waals surface area contributed by atoms with Gasteiger partial charge in [0.2, 0.25) is 0 Å². The first-order valence-electron chi connectivity index (χ1n) is 12.7. The highest BCUT2D eigenvalue weighted by Gasteiger charge is 2.51. The van der Waals surface area contributed by atoms with Gasteiger partial charge in [-0.2, -0.15) is 0 Å². The number of rotatable bonds is 0. The molecule has 3 aliphatic carbocycles. The lowest BCUT2D eigenvalue weighted by atomic mass is 9.53. The maximum Gasteiger partial charge on any atom is 0.108 e. The van der Waals surface area contributed by atoms with Gasteiger partial charge < -0.3 is 0 Å². The van der Waals surface area contributed by atoms with Gasteiger partial charge in [0.25, 0.3) is 0 Å². The van der Waals surface area contributed by atoms with E-state index in [1.165, 1.54) is 54.9 Å². The van der Waals surface area contributed by atoms with Gasteiger partial charge >= 0.3 is 0 Å². The van der Waals surface area contributed by atoms with Gasteiger partial charge in [0.15, 0.2) is 0 Å². The molecule has 0 radical (unpaired) electrons. The molecule has 9 rings (SSSR count). The molecule has 0 amide bonds. The highest BCUT2D eigenvalue weighted by Crippen LogP contribution is 2.60. The van der Waals surface area contributed by atoms with Crippen molar-refractivity contribution in [3.8, 4) is 11.8 Å². The molecule has 0 N–H and O–H groups in total. The average molecular weight is 533 g/mol. The van der Waals surface area contributed by atoms with Crippen LogP contribution in [0.25, 0.3) is 21.5 Å². The Labute approximate surface area is 224 Å². The van der Waals surface area contributed by atoms with Crippen LogP contribution in [-0.4, -0.2) is 0 Å². The van der Waals surface area contributed by atoms with Crippen molar-refractivity contribution in [3.05, 3.63) is 165 Å². The third-order valence-corrected chi connectivity index (χ3v) is 8.89. The van der Waals surface area contributed by atoms with E-state index in [0.29, 0.717) is 0 Å². The second-order valence-corrected chi connectivity index (χ2v) is 10.9. The van der Waals surface area contributed by atoms with Crippen LogP contribution in [0.15, 0.2) is 126 Å². The molecule has 0 saturated carbocycles. The van der Waals surface area contributed by atoms with E-state index < -0.39 is 5.41 Å². The summed E-state index contributed by atoms with van der Waals surface area (Å²) >= 11 is 3.96. The van der Waals surface area contributed by atoms with Crippen LogP contribution < -0.4 is 0 Å². The molecular formula is C36H21Br. The molecule has 0 saturated heterocycles. The van der Waals surface area contributed by atoms with E-state index >= 15 is 0 Å². The van der Waals surface area contributed by atoms with E-state index in [1.54, 1.807) is 0 Å². The number of halogens is 1. The fourth-order valence-corrected chi connectivity index (χ4v) is 7.46. The zero-order valence-electron chi connectivity index (χ0n) is 20.0. The molecule has 0 aromatic heterocycles. The number of benzene rings is 6. The Morgan fingerprint density at radius 3 is 1.76 bits per heavy atom. The molecule has 6 aromatic rings. The minimum Gasteiger partial charge on any atom is -0.0764 e. The SMILES string of the molecule is Brc1cccc2c1C1(C#Cc3c4ccccc4cc4ccccc34)c3ccccc3C2c2ccccc21. The quantitative estimate of drug-likeness (QED) is 0.135. The first-order chi connectivity index (χ1) is 18.3. The van der Waals surface area contributed by atoms with E-state index in [0.717, 1.165) is 10.0 Å². The summed E-state index contributed by atoms with van der Waals surface area (Å²) in [7, 11) is 0. The van der Waals surface area contributed by atoms with Crippen LogP contribution >= 0.6 is 15.9 Å². The molecule has 172 valence electrons. The van der Waals surface area contributed by atoms with Crippen LogP contribution in [0.5, 0.6) is 0 Å². The van der Waals surface area contributed by atoms with E-state index in [-0.39, 0.29) is 5.92 Å². The van der Waals surface area contributed by atoms with E-state index in [9.17, 15) is 0 Å². The van der Waals surface area contributed by atoms with Gasteiger partial charge in [0.05, 0.1) is 0 Å². The average Bonchev–Trinajstić information content (AvgIpc) is 2.95. The molecule has 37 heavy (non-hydrogen) atoms. The van der Waals surface area contributed by atoms with Crippen LogP contribution in [0.3, 0.4) is 0 Å². The third-order valence-electron chi connectivity index (χ3n) is 8.23. The molecule has 0 unspecified atom stereocenters. The Kier molecular flexibility index (Phi) is 4.37. The van der Waals surface area contributed by atoms with E-state index in [2.05, 4.69) is 149 Å². The minimum atomic E-state index is -0.560. The van der Waals surface area contributed by atoms with Gasteiger partial charge in [-0.15, -0.1) is 0 Å². The van der Waals surface area contributed by atoms with Gasteiger partial charge in [0, 0.05) is 16.0 Å². The van der Waals surface area contributed by atoms with Crippen LogP contribution in [0.1, 0.15) is 44.9 Å². The molecule has 0 nitrogen and oxygen atoms in total. The maximum absolute atomic E-state index is 3.96. The van der Waals surface area contributed by atoms with Crippen molar-refractivity contribution in [1.29, 1.82) is 0 Å². The summed E-state index contributed by atoms with van der Waals surface area (Å²) in [6.45, 7) is 0. The van der Waals surface area contributed by atoms with Crippen LogP contribution in [-0.2, 0) is 5.41 Å². The maximum atomic E-state index is 3.96. The first kappa shape index (κ1) is 21.0. The first-order valence-corrected chi connectivity index (χ1v) is 13.5. The molecule has 2 bridgehead atoms. The van der Waals surface area contributed by atoms with Crippen LogP contribution in [0, 0.1) is 11.8 Å². The number of hydrogen-bond acceptors (Lipinski definition) is 0. The Morgan fingerprint density at radius 2 is 1.11 bits per heavy atom. The van der Waals surface area contributed by atoms with Crippen molar-refractivity contribution in [3.63, 3.8) is 0 Å². The number of fused-ring (bicyclic) bond motifs is 2. The lowest BCUT2D eigenvalue weighted by Gasteiger charge is -2.48. The molecule has 3 aliphatic rings. The lowest BCUT2D eigenvalue weighted by molar-refractivity contribution is 0.663. The molecule has 1 heteroatoms. The molecule has 0 atom stereocenters. The van der Waals surface area contributed by atoms with Gasteiger partial charge in [-0.05, 0) is 67.1 Å². The van der Waals surface area contributed by atoms with Crippen molar-refractivity contribution in [2.24, 2.45) is 0 Å². The van der Waals surface area contributed by atoms with Crippen molar-refractivity contribution in [2.75, 3.05) is 0 Å². The summed E-state index contributed by atoms with van der Waals surface area (Å²) in [4.78, 5) is 0. The topological polar surface area (TPSA) is 0 Å². The van der Waals surface area contributed by atoms with E-state index in [1.807, 2.05) is 0 Å². The molecule has 0 heterocycles. The fourth-order valence-electron chi connectivity index (χ4n) is 6.78. The van der Waals surface area contributed by atoms with Crippen LogP contribution in [0.2, 0.25) is 0 Å². The standard InChI is InChI=1S/C36H21Br/c37-33-19-9-16-30-34-28-14-5-7-17-31(28)36(35(30)33,32-18-8-6-15-29(32)34)21-20-27-25-12-3-1-10-23(25)22-24-11-2-4-13-26(24)27/h1-19,22,34H. The molecule has 0 aliphatic heterocycles. The predicted octanol–water partition coefficient (Wildman–Crippen LogP) is 8.95. The summed E-state index contributed by atoms with van der Waals surface area (Å²) in [6, 6.07) is 43.9. The third kappa shape index (κ3) is 2.74. The Bertz CT molecular complexity index is 1870. The summed E-state index contributed by atoms with van der Waals surface area (Å²) in [5, 5.41) is 4.84.